The van der Waals surface area contributed by atoms with Gasteiger partial charge in [0.05, 0.1) is 22.1 Å². The Morgan fingerprint density at radius 3 is 1.84 bits per heavy atom. The van der Waals surface area contributed by atoms with Gasteiger partial charge in [-0.25, -0.2) is 0 Å². The molecule has 13 rings (SSSR count). The van der Waals surface area contributed by atoms with Crippen LogP contribution in [0.15, 0.2) is 231 Å². The van der Waals surface area contributed by atoms with Gasteiger partial charge in [0.1, 0.15) is 8.07 Å². The lowest BCUT2D eigenvalue weighted by atomic mass is 9.59. The Morgan fingerprint density at radius 2 is 1.00 bits per heavy atom. The zero-order valence-electron chi connectivity index (χ0n) is 35.8. The number of fused-ring (bicyclic) bond motifs is 11. The molecule has 64 heavy (non-hydrogen) atoms. The van der Waals surface area contributed by atoms with E-state index >= 15 is 0 Å². The molecule has 3 heteroatoms. The Hall–Kier alpha value is -7.72. The molecule has 0 amide bonds. The molecule has 0 radical (unpaired) electrons. The molecule has 1 aromatic heterocycles. The van der Waals surface area contributed by atoms with Crippen molar-refractivity contribution in [2.45, 2.75) is 18.5 Å². The lowest BCUT2D eigenvalue weighted by Crippen LogP contribution is -2.63. The molecule has 0 bridgehead atoms. The summed E-state index contributed by atoms with van der Waals surface area (Å²) in [4.78, 5) is 2.53. The molecule has 2 heterocycles. The fourth-order valence-electron chi connectivity index (χ4n) is 11.7. The highest BCUT2D eigenvalue weighted by Gasteiger charge is 2.52. The van der Waals surface area contributed by atoms with Crippen molar-refractivity contribution in [2.24, 2.45) is 0 Å². The second-order valence-electron chi connectivity index (χ2n) is 18.0. The lowest BCUT2D eigenvalue weighted by Gasteiger charge is -2.50. The van der Waals surface area contributed by atoms with Crippen molar-refractivity contribution in [3.8, 4) is 27.9 Å². The number of benzene rings is 10. The van der Waals surface area contributed by atoms with Crippen molar-refractivity contribution in [2.75, 3.05) is 4.90 Å². The van der Waals surface area contributed by atoms with E-state index in [9.17, 15) is 0 Å². The van der Waals surface area contributed by atoms with E-state index < -0.39 is 13.5 Å². The molecule has 10 aromatic carbocycles. The minimum Gasteiger partial charge on any atom is -0.310 e. The molecule has 11 aromatic rings. The molecule has 1 aliphatic heterocycles. The van der Waals surface area contributed by atoms with Crippen molar-refractivity contribution in [1.29, 1.82) is 0 Å². The van der Waals surface area contributed by atoms with Gasteiger partial charge in [-0.15, -0.1) is 0 Å². The summed E-state index contributed by atoms with van der Waals surface area (Å²) in [6, 6.07) is 86.4. The third-order valence-corrected chi connectivity index (χ3v) is 18.0. The Morgan fingerprint density at radius 1 is 0.406 bits per heavy atom. The van der Waals surface area contributed by atoms with E-state index in [1.165, 1.54) is 87.5 Å². The van der Waals surface area contributed by atoms with Gasteiger partial charge in [-0.2, -0.15) is 0 Å². The Kier molecular flexibility index (Phi) is 8.01. The van der Waals surface area contributed by atoms with E-state index in [-0.39, 0.29) is 0 Å². The zero-order chi connectivity index (χ0) is 42.6. The average molecular weight is 833 g/mol. The maximum atomic E-state index is 2.59. The summed E-state index contributed by atoms with van der Waals surface area (Å²) in [5, 5.41) is 8.08. The van der Waals surface area contributed by atoms with Crippen LogP contribution in [0.3, 0.4) is 0 Å². The highest BCUT2D eigenvalue weighted by atomic mass is 28.3. The van der Waals surface area contributed by atoms with Crippen molar-refractivity contribution in [1.82, 2.24) is 4.57 Å². The molecule has 0 saturated carbocycles. The molecule has 0 saturated heterocycles. The van der Waals surface area contributed by atoms with E-state index in [1.807, 2.05) is 0 Å². The molecular weight excluding hydrogens is 789 g/mol. The van der Waals surface area contributed by atoms with Crippen molar-refractivity contribution < 1.29 is 0 Å². The standard InChI is InChI=1S/C61H44N2Si/c1-64(2)58-34-16-13-30-52(58)61(51-29-12-9-26-47(51)49-28-17-21-42-22-18-31-54(61)60(42)49)53-37-35-45(40-59(53)64)62(55-32-14-10-25-46(55)41-19-5-3-6-20-41)44-36-38-57-50(39-44)48-27-11-15-33-56(48)63(57)43-23-7-4-8-24-43/h3-40H,1-2H3. The fraction of sp³-hybridized carbons (Fsp3) is 0.0492. The zero-order valence-corrected chi connectivity index (χ0v) is 36.8. The van der Waals surface area contributed by atoms with Gasteiger partial charge in [0.25, 0.3) is 0 Å². The third kappa shape index (κ3) is 5.07. The molecule has 2 aliphatic rings. The van der Waals surface area contributed by atoms with Crippen LogP contribution in [0.5, 0.6) is 0 Å². The largest absolute Gasteiger partial charge is 0.310 e. The van der Waals surface area contributed by atoms with E-state index in [1.54, 1.807) is 0 Å². The predicted octanol–water partition coefficient (Wildman–Crippen LogP) is 14.6. The van der Waals surface area contributed by atoms with Gasteiger partial charge in [-0.05, 0) is 115 Å². The van der Waals surface area contributed by atoms with Crippen LogP contribution in [-0.4, -0.2) is 12.6 Å². The van der Waals surface area contributed by atoms with E-state index in [2.05, 4.69) is 253 Å². The van der Waals surface area contributed by atoms with Crippen LogP contribution >= 0.6 is 0 Å². The molecule has 0 N–H and O–H groups in total. The summed E-state index contributed by atoms with van der Waals surface area (Å²) in [7, 11) is -2.34. The van der Waals surface area contributed by atoms with Crippen LogP contribution < -0.4 is 15.3 Å². The van der Waals surface area contributed by atoms with Gasteiger partial charge >= 0.3 is 0 Å². The minimum absolute atomic E-state index is 0.498. The van der Waals surface area contributed by atoms with Crippen LogP contribution in [0, 0.1) is 0 Å². The average Bonchev–Trinajstić information content (AvgIpc) is 3.69. The summed E-state index contributed by atoms with van der Waals surface area (Å²) >= 11 is 0. The highest BCUT2D eigenvalue weighted by Crippen LogP contribution is 2.56. The number of anilines is 3. The minimum atomic E-state index is -2.34. The van der Waals surface area contributed by atoms with E-state index in [0.717, 1.165) is 22.7 Å². The van der Waals surface area contributed by atoms with Gasteiger partial charge in [-0.3, -0.25) is 0 Å². The van der Waals surface area contributed by atoms with Crippen LogP contribution in [0.1, 0.15) is 22.3 Å². The second kappa shape index (κ2) is 13.9. The van der Waals surface area contributed by atoms with E-state index in [0.29, 0.717) is 0 Å². The monoisotopic (exact) mass is 832 g/mol. The van der Waals surface area contributed by atoms with Crippen molar-refractivity contribution in [3.05, 3.63) is 253 Å². The maximum absolute atomic E-state index is 2.59. The number of hydrogen-bond donors (Lipinski definition) is 0. The third-order valence-electron chi connectivity index (χ3n) is 14.4. The Bertz CT molecular complexity index is 3650. The van der Waals surface area contributed by atoms with E-state index in [4.69, 9.17) is 0 Å². The van der Waals surface area contributed by atoms with Gasteiger partial charge in [0.15, 0.2) is 0 Å². The molecular formula is C61H44N2Si. The van der Waals surface area contributed by atoms with Crippen LogP contribution in [0.2, 0.25) is 13.1 Å². The van der Waals surface area contributed by atoms with Crippen LogP contribution in [0.4, 0.5) is 17.1 Å². The topological polar surface area (TPSA) is 8.17 Å². The highest BCUT2D eigenvalue weighted by molar-refractivity contribution is 7.01. The summed E-state index contributed by atoms with van der Waals surface area (Å²) in [6.07, 6.45) is 0. The van der Waals surface area contributed by atoms with Crippen LogP contribution in [0.25, 0.3) is 60.5 Å². The first-order valence-electron chi connectivity index (χ1n) is 22.4. The molecule has 1 aliphatic carbocycles. The molecule has 1 spiro atoms. The number of hydrogen-bond acceptors (Lipinski definition) is 1. The molecule has 0 fully saturated rings. The first-order chi connectivity index (χ1) is 31.5. The molecule has 1 atom stereocenters. The summed E-state index contributed by atoms with van der Waals surface area (Å²) < 4.78 is 2.40. The first-order valence-corrected chi connectivity index (χ1v) is 25.4. The maximum Gasteiger partial charge on any atom is 0.113 e. The Labute approximate surface area is 375 Å². The SMILES string of the molecule is C[Si]1(C)c2ccccc2C2(c3ccccc3-c3cccc4cccc2c34)c2ccc(N(c3ccc4c(c3)c3ccccc3n4-c3ccccc3)c3ccccc3-c3ccccc3)cc21. The second-order valence-corrected chi connectivity index (χ2v) is 22.3. The molecule has 302 valence electrons. The quantitative estimate of drug-likeness (QED) is 0.157. The first kappa shape index (κ1) is 36.9. The number of para-hydroxylation sites is 3. The normalized spacial score (nSPS) is 15.5. The summed E-state index contributed by atoms with van der Waals surface area (Å²) in [6.45, 7) is 5.13. The predicted molar refractivity (Wildman–Crippen MR) is 272 cm³/mol. The Balaban J connectivity index is 1.11. The smallest absolute Gasteiger partial charge is 0.113 e. The summed E-state index contributed by atoms with van der Waals surface area (Å²) in [5.74, 6) is 0. The van der Waals surface area contributed by atoms with Gasteiger partial charge < -0.3 is 9.47 Å². The number of aromatic nitrogens is 1. The van der Waals surface area contributed by atoms with Crippen molar-refractivity contribution in [3.63, 3.8) is 0 Å². The van der Waals surface area contributed by atoms with Crippen molar-refractivity contribution >= 4 is 68.1 Å². The molecule has 2 nitrogen and oxygen atoms in total. The number of nitrogens with zero attached hydrogens (tertiary/aromatic N) is 2. The van der Waals surface area contributed by atoms with Gasteiger partial charge in [0.2, 0.25) is 0 Å². The van der Waals surface area contributed by atoms with Gasteiger partial charge in [0, 0.05) is 33.4 Å². The van der Waals surface area contributed by atoms with Gasteiger partial charge in [-0.1, -0.05) is 189 Å². The van der Waals surface area contributed by atoms with Crippen LogP contribution in [-0.2, 0) is 5.41 Å². The lowest BCUT2D eigenvalue weighted by molar-refractivity contribution is 0.754. The molecule has 1 unspecified atom stereocenters. The number of rotatable bonds is 5. The fourth-order valence-corrected chi connectivity index (χ4v) is 14.9. The summed E-state index contributed by atoms with van der Waals surface area (Å²) in [5.41, 5.74) is 17.1.